The van der Waals surface area contributed by atoms with Gasteiger partial charge in [0.2, 0.25) is 0 Å². The van der Waals surface area contributed by atoms with Crippen LogP contribution in [-0.4, -0.2) is 19.1 Å². The molecule has 16 heavy (non-hydrogen) atoms. The molecule has 0 heterocycles. The molecule has 0 saturated heterocycles. The van der Waals surface area contributed by atoms with Crippen LogP contribution in [0.25, 0.3) is 0 Å². The minimum atomic E-state index is 0.416. The number of rotatable bonds is 7. The van der Waals surface area contributed by atoms with E-state index in [9.17, 15) is 0 Å². The van der Waals surface area contributed by atoms with Crippen molar-refractivity contribution in [3.8, 4) is 0 Å². The molecular weight excluding hydrogens is 220 g/mol. The highest BCUT2D eigenvalue weighted by molar-refractivity contribution is 6.18. The Hall–Kier alpha value is -0.530. The lowest BCUT2D eigenvalue weighted by molar-refractivity contribution is 0.129. The second kappa shape index (κ2) is 7.70. The van der Waals surface area contributed by atoms with Gasteiger partial charge in [-0.3, -0.25) is 0 Å². The summed E-state index contributed by atoms with van der Waals surface area (Å²) in [7, 11) is 0. The van der Waals surface area contributed by atoms with E-state index in [2.05, 4.69) is 38.1 Å². The molecule has 1 unspecified atom stereocenters. The third kappa shape index (κ3) is 4.54. The summed E-state index contributed by atoms with van der Waals surface area (Å²) >= 11 is 6.00. The Balaban J connectivity index is 2.44. The summed E-state index contributed by atoms with van der Waals surface area (Å²) in [6, 6.07) is 8.62. The third-order valence-electron chi connectivity index (χ3n) is 2.69. The van der Waals surface area contributed by atoms with E-state index in [-0.39, 0.29) is 0 Å². The van der Waals surface area contributed by atoms with Crippen molar-refractivity contribution in [1.29, 1.82) is 0 Å². The summed E-state index contributed by atoms with van der Waals surface area (Å²) < 4.78 is 5.50. The average molecular weight is 241 g/mol. The second-order valence-corrected chi connectivity index (χ2v) is 4.47. The minimum absolute atomic E-state index is 0.416. The third-order valence-corrected chi connectivity index (χ3v) is 3.07. The average Bonchev–Trinajstić information content (AvgIpc) is 2.31. The molecule has 1 aromatic carbocycles. The first-order valence-electron chi connectivity index (χ1n) is 5.98. The molecule has 0 aliphatic carbocycles. The molecule has 1 aromatic rings. The number of hydrogen-bond acceptors (Lipinski definition) is 1. The first kappa shape index (κ1) is 13.5. The van der Waals surface area contributed by atoms with Crippen molar-refractivity contribution >= 4 is 11.6 Å². The molecule has 0 spiro atoms. The lowest BCUT2D eigenvalue weighted by Crippen LogP contribution is -2.06. The minimum Gasteiger partial charge on any atom is -0.381 e. The van der Waals surface area contributed by atoms with Crippen LogP contribution in [0, 0.1) is 6.92 Å². The standard InChI is InChI=1S/C14H21ClO/c1-3-9-16-10-8-14(11-15)13-6-4-12(2)5-7-13/h4-7,14H,3,8-11H2,1-2H3. The fraction of sp³-hybridized carbons (Fsp3) is 0.571. The first-order valence-corrected chi connectivity index (χ1v) is 6.51. The van der Waals surface area contributed by atoms with Gasteiger partial charge in [0.15, 0.2) is 0 Å². The Bertz CT molecular complexity index is 281. The van der Waals surface area contributed by atoms with Crippen LogP contribution in [0.1, 0.15) is 36.8 Å². The van der Waals surface area contributed by atoms with Gasteiger partial charge >= 0.3 is 0 Å². The Morgan fingerprint density at radius 3 is 2.44 bits per heavy atom. The molecule has 1 rings (SSSR count). The van der Waals surface area contributed by atoms with E-state index in [1.165, 1.54) is 11.1 Å². The topological polar surface area (TPSA) is 9.23 Å². The van der Waals surface area contributed by atoms with Gasteiger partial charge in [0.25, 0.3) is 0 Å². The number of alkyl halides is 1. The van der Waals surface area contributed by atoms with Crippen LogP contribution in [-0.2, 0) is 4.74 Å². The van der Waals surface area contributed by atoms with Crippen molar-refractivity contribution in [2.45, 2.75) is 32.6 Å². The van der Waals surface area contributed by atoms with Crippen LogP contribution in [0.3, 0.4) is 0 Å². The number of halogens is 1. The Morgan fingerprint density at radius 1 is 1.19 bits per heavy atom. The molecule has 0 fully saturated rings. The van der Waals surface area contributed by atoms with E-state index in [1.54, 1.807) is 0 Å². The van der Waals surface area contributed by atoms with Gasteiger partial charge in [0.1, 0.15) is 0 Å². The van der Waals surface area contributed by atoms with Crippen molar-refractivity contribution in [3.05, 3.63) is 35.4 Å². The van der Waals surface area contributed by atoms with E-state index in [0.29, 0.717) is 11.8 Å². The maximum Gasteiger partial charge on any atom is 0.0472 e. The highest BCUT2D eigenvalue weighted by Gasteiger charge is 2.09. The molecule has 2 heteroatoms. The van der Waals surface area contributed by atoms with E-state index < -0.39 is 0 Å². The van der Waals surface area contributed by atoms with Gasteiger partial charge in [0.05, 0.1) is 0 Å². The lowest BCUT2D eigenvalue weighted by atomic mass is 9.97. The highest BCUT2D eigenvalue weighted by atomic mass is 35.5. The number of benzene rings is 1. The van der Waals surface area contributed by atoms with Gasteiger partial charge in [-0.05, 0) is 31.2 Å². The van der Waals surface area contributed by atoms with E-state index in [1.807, 2.05) is 0 Å². The lowest BCUT2D eigenvalue weighted by Gasteiger charge is -2.14. The molecule has 0 amide bonds. The molecule has 0 aliphatic rings. The molecule has 1 nitrogen and oxygen atoms in total. The molecule has 90 valence electrons. The second-order valence-electron chi connectivity index (χ2n) is 4.16. The van der Waals surface area contributed by atoms with Crippen LogP contribution in [0.5, 0.6) is 0 Å². The summed E-state index contributed by atoms with van der Waals surface area (Å²) in [5, 5.41) is 0. The van der Waals surface area contributed by atoms with Crippen molar-refractivity contribution in [2.24, 2.45) is 0 Å². The largest absolute Gasteiger partial charge is 0.381 e. The Morgan fingerprint density at radius 2 is 1.88 bits per heavy atom. The van der Waals surface area contributed by atoms with E-state index >= 15 is 0 Å². The van der Waals surface area contributed by atoms with Crippen LogP contribution in [0.15, 0.2) is 24.3 Å². The Kier molecular flexibility index (Phi) is 6.51. The fourth-order valence-corrected chi connectivity index (χ4v) is 1.98. The molecule has 0 aliphatic heterocycles. The van der Waals surface area contributed by atoms with Gasteiger partial charge in [-0.2, -0.15) is 0 Å². The molecular formula is C14H21ClO. The van der Waals surface area contributed by atoms with Gasteiger partial charge in [0, 0.05) is 19.1 Å². The van der Waals surface area contributed by atoms with E-state index in [0.717, 1.165) is 26.1 Å². The molecule has 0 bridgehead atoms. The number of ether oxygens (including phenoxy) is 1. The van der Waals surface area contributed by atoms with Gasteiger partial charge < -0.3 is 4.74 Å². The zero-order chi connectivity index (χ0) is 11.8. The van der Waals surface area contributed by atoms with E-state index in [4.69, 9.17) is 16.3 Å². The Labute approximate surface area is 104 Å². The smallest absolute Gasteiger partial charge is 0.0472 e. The number of aryl methyl sites for hydroxylation is 1. The zero-order valence-electron chi connectivity index (χ0n) is 10.2. The van der Waals surface area contributed by atoms with Crippen LogP contribution < -0.4 is 0 Å². The monoisotopic (exact) mass is 240 g/mol. The summed E-state index contributed by atoms with van der Waals surface area (Å²) in [5.74, 6) is 1.08. The predicted octanol–water partition coefficient (Wildman–Crippen LogP) is 4.13. The highest BCUT2D eigenvalue weighted by Crippen LogP contribution is 2.21. The summed E-state index contributed by atoms with van der Waals surface area (Å²) in [4.78, 5) is 0. The molecule has 1 atom stereocenters. The summed E-state index contributed by atoms with van der Waals surface area (Å²) in [5.41, 5.74) is 2.61. The van der Waals surface area contributed by atoms with Crippen molar-refractivity contribution in [3.63, 3.8) is 0 Å². The van der Waals surface area contributed by atoms with Crippen LogP contribution in [0.4, 0.5) is 0 Å². The normalized spacial score (nSPS) is 12.7. The molecule has 0 saturated carbocycles. The fourth-order valence-electron chi connectivity index (χ4n) is 1.64. The summed E-state index contributed by atoms with van der Waals surface area (Å²) in [6.07, 6.45) is 2.09. The van der Waals surface area contributed by atoms with Crippen molar-refractivity contribution in [1.82, 2.24) is 0 Å². The van der Waals surface area contributed by atoms with Gasteiger partial charge in [-0.15, -0.1) is 11.6 Å². The maximum absolute atomic E-state index is 6.00. The SMILES string of the molecule is CCCOCCC(CCl)c1ccc(C)cc1. The maximum atomic E-state index is 6.00. The summed E-state index contributed by atoms with van der Waals surface area (Å²) in [6.45, 7) is 5.88. The van der Waals surface area contributed by atoms with Crippen LogP contribution >= 0.6 is 11.6 Å². The van der Waals surface area contributed by atoms with Crippen molar-refractivity contribution in [2.75, 3.05) is 19.1 Å². The zero-order valence-corrected chi connectivity index (χ0v) is 11.0. The molecule has 0 N–H and O–H groups in total. The van der Waals surface area contributed by atoms with Gasteiger partial charge in [-0.25, -0.2) is 0 Å². The van der Waals surface area contributed by atoms with Gasteiger partial charge in [-0.1, -0.05) is 36.8 Å². The molecule has 0 radical (unpaired) electrons. The van der Waals surface area contributed by atoms with Crippen molar-refractivity contribution < 1.29 is 4.74 Å². The quantitative estimate of drug-likeness (QED) is 0.514. The van der Waals surface area contributed by atoms with Crippen LogP contribution in [0.2, 0.25) is 0 Å². The predicted molar refractivity (Wildman–Crippen MR) is 70.4 cm³/mol. The molecule has 0 aromatic heterocycles. The number of hydrogen-bond donors (Lipinski definition) is 0. The first-order chi connectivity index (χ1) is 7.77.